The molecule has 0 spiro atoms. The number of benzene rings is 1. The third-order valence-corrected chi connectivity index (χ3v) is 4.48. The molecule has 124 valence electrons. The molecule has 2 heterocycles. The van der Waals surface area contributed by atoms with Gasteiger partial charge in [-0.1, -0.05) is 6.07 Å². The topological polar surface area (TPSA) is 73.1 Å². The third kappa shape index (κ3) is 3.28. The van der Waals surface area contributed by atoms with Crippen molar-refractivity contribution in [1.29, 1.82) is 0 Å². The van der Waals surface area contributed by atoms with E-state index in [1.807, 2.05) is 24.4 Å². The van der Waals surface area contributed by atoms with Crippen LogP contribution in [0.2, 0.25) is 0 Å². The van der Waals surface area contributed by atoms with Crippen molar-refractivity contribution in [1.82, 2.24) is 25.1 Å². The summed E-state index contributed by atoms with van der Waals surface area (Å²) in [6.07, 6.45) is 1.47. The first-order valence-corrected chi connectivity index (χ1v) is 8.34. The molecule has 3 aromatic rings. The highest BCUT2D eigenvalue weighted by Crippen LogP contribution is 2.24. The van der Waals surface area contributed by atoms with Gasteiger partial charge in [-0.05, 0) is 47.0 Å². The Hall–Kier alpha value is -2.74. The Morgan fingerprint density at radius 2 is 2.25 bits per heavy atom. The van der Waals surface area contributed by atoms with Gasteiger partial charge in [0.2, 0.25) is 0 Å². The molecule has 1 amide bonds. The smallest absolute Gasteiger partial charge is 0.254 e. The van der Waals surface area contributed by atoms with Crippen LogP contribution < -0.4 is 4.74 Å². The summed E-state index contributed by atoms with van der Waals surface area (Å²) in [7, 11) is 1.57. The molecule has 0 saturated carbocycles. The molecule has 0 bridgehead atoms. The van der Waals surface area contributed by atoms with Gasteiger partial charge in [0, 0.05) is 17.0 Å². The Balaban J connectivity index is 1.90. The van der Waals surface area contributed by atoms with Crippen molar-refractivity contribution in [3.63, 3.8) is 0 Å². The number of tetrazole rings is 1. The number of rotatable bonds is 6. The van der Waals surface area contributed by atoms with Crippen molar-refractivity contribution in [3.05, 3.63) is 52.5 Å². The molecule has 0 N–H and O–H groups in total. The molecule has 1 aromatic carbocycles. The fourth-order valence-corrected chi connectivity index (χ4v) is 3.09. The molecule has 7 nitrogen and oxygen atoms in total. The van der Waals surface area contributed by atoms with Crippen molar-refractivity contribution in [2.45, 2.75) is 13.5 Å². The molecule has 0 atom stereocenters. The van der Waals surface area contributed by atoms with Gasteiger partial charge in [0.15, 0.2) is 0 Å². The first-order chi connectivity index (χ1) is 11.7. The normalized spacial score (nSPS) is 10.6. The van der Waals surface area contributed by atoms with E-state index in [0.717, 1.165) is 4.88 Å². The van der Waals surface area contributed by atoms with Crippen LogP contribution >= 0.6 is 11.3 Å². The largest absolute Gasteiger partial charge is 0.494 e. The predicted molar refractivity (Wildman–Crippen MR) is 90.4 cm³/mol. The van der Waals surface area contributed by atoms with Crippen LogP contribution in [0.1, 0.15) is 22.2 Å². The molecule has 8 heteroatoms. The zero-order valence-electron chi connectivity index (χ0n) is 13.4. The lowest BCUT2D eigenvalue weighted by Gasteiger charge is -2.21. The second-order valence-electron chi connectivity index (χ2n) is 5.04. The monoisotopic (exact) mass is 343 g/mol. The van der Waals surface area contributed by atoms with Crippen LogP contribution in [0, 0.1) is 0 Å². The number of nitrogens with zero attached hydrogens (tertiary/aromatic N) is 5. The number of aromatic nitrogens is 4. The fourth-order valence-electron chi connectivity index (χ4n) is 2.37. The average molecular weight is 343 g/mol. The second-order valence-corrected chi connectivity index (χ2v) is 6.07. The third-order valence-electron chi connectivity index (χ3n) is 3.62. The van der Waals surface area contributed by atoms with Crippen molar-refractivity contribution in [2.75, 3.05) is 13.7 Å². The van der Waals surface area contributed by atoms with E-state index in [2.05, 4.69) is 15.5 Å². The molecule has 0 aliphatic heterocycles. The first kappa shape index (κ1) is 16.1. The van der Waals surface area contributed by atoms with Crippen molar-refractivity contribution >= 4 is 17.2 Å². The Bertz CT molecular complexity index is 802. The van der Waals surface area contributed by atoms with Crippen LogP contribution in [0.25, 0.3) is 5.69 Å². The first-order valence-electron chi connectivity index (χ1n) is 7.46. The summed E-state index contributed by atoms with van der Waals surface area (Å²) in [5, 5.41) is 13.1. The highest BCUT2D eigenvalue weighted by molar-refractivity contribution is 7.09. The van der Waals surface area contributed by atoms with Crippen LogP contribution in [0.3, 0.4) is 0 Å². The van der Waals surface area contributed by atoms with Gasteiger partial charge in [-0.15, -0.1) is 16.4 Å². The van der Waals surface area contributed by atoms with E-state index in [4.69, 9.17) is 4.74 Å². The van der Waals surface area contributed by atoms with Crippen LogP contribution in [-0.4, -0.2) is 44.7 Å². The summed E-state index contributed by atoms with van der Waals surface area (Å²) >= 11 is 1.64. The van der Waals surface area contributed by atoms with Gasteiger partial charge in [0.1, 0.15) is 17.8 Å². The number of hydrogen-bond donors (Lipinski definition) is 0. The number of amides is 1. The molecule has 0 fully saturated rings. The van der Waals surface area contributed by atoms with E-state index in [-0.39, 0.29) is 5.91 Å². The molecular weight excluding hydrogens is 326 g/mol. The SMILES string of the molecule is CCN(Cc1cccs1)C(=O)c1ccc(OC)c(-n2cnnn2)c1. The van der Waals surface area contributed by atoms with Gasteiger partial charge in [-0.25, -0.2) is 0 Å². The second kappa shape index (κ2) is 7.22. The van der Waals surface area contributed by atoms with Crippen LogP contribution in [0.4, 0.5) is 0 Å². The molecule has 0 aliphatic rings. The Labute approximate surface area is 143 Å². The van der Waals surface area contributed by atoms with Crippen LogP contribution in [-0.2, 0) is 6.54 Å². The lowest BCUT2D eigenvalue weighted by Crippen LogP contribution is -2.30. The van der Waals surface area contributed by atoms with E-state index in [1.54, 1.807) is 41.5 Å². The number of carbonyl (C=O) groups is 1. The maximum Gasteiger partial charge on any atom is 0.254 e. The van der Waals surface area contributed by atoms with E-state index >= 15 is 0 Å². The quantitative estimate of drug-likeness (QED) is 0.687. The number of carbonyl (C=O) groups excluding carboxylic acids is 1. The highest BCUT2D eigenvalue weighted by Gasteiger charge is 2.18. The van der Waals surface area contributed by atoms with E-state index in [0.29, 0.717) is 30.1 Å². The molecule has 0 radical (unpaired) electrons. The lowest BCUT2D eigenvalue weighted by atomic mass is 10.1. The molecule has 0 aliphatic carbocycles. The number of methoxy groups -OCH3 is 1. The van der Waals surface area contributed by atoms with E-state index in [1.165, 1.54) is 11.0 Å². The molecule has 0 unspecified atom stereocenters. The molecular formula is C16H17N5O2S. The van der Waals surface area contributed by atoms with Gasteiger partial charge in [0.05, 0.1) is 13.7 Å². The average Bonchev–Trinajstić information content (AvgIpc) is 3.32. The van der Waals surface area contributed by atoms with Gasteiger partial charge in [0.25, 0.3) is 5.91 Å². The van der Waals surface area contributed by atoms with E-state index in [9.17, 15) is 4.79 Å². The summed E-state index contributed by atoms with van der Waals surface area (Å²) in [4.78, 5) is 15.8. The fraction of sp³-hybridized carbons (Fsp3) is 0.250. The van der Waals surface area contributed by atoms with Gasteiger partial charge in [-0.2, -0.15) is 4.68 Å². The maximum absolute atomic E-state index is 12.9. The molecule has 3 rings (SSSR count). The summed E-state index contributed by atoms with van der Waals surface area (Å²) in [5.74, 6) is 0.558. The number of ether oxygens (including phenoxy) is 1. The number of thiophene rings is 1. The molecule has 2 aromatic heterocycles. The summed E-state index contributed by atoms with van der Waals surface area (Å²) in [6.45, 7) is 3.19. The Morgan fingerprint density at radius 3 is 2.88 bits per heavy atom. The zero-order valence-corrected chi connectivity index (χ0v) is 14.2. The minimum Gasteiger partial charge on any atom is -0.494 e. The van der Waals surface area contributed by atoms with Gasteiger partial charge in [-0.3, -0.25) is 4.79 Å². The lowest BCUT2D eigenvalue weighted by molar-refractivity contribution is 0.0754. The Kier molecular flexibility index (Phi) is 4.85. The molecule has 0 saturated heterocycles. The van der Waals surface area contributed by atoms with Gasteiger partial charge >= 0.3 is 0 Å². The standard InChI is InChI=1S/C16H17N5O2S/c1-3-20(10-13-5-4-8-24-13)16(22)12-6-7-15(23-2)14(9-12)21-11-17-18-19-21/h4-9,11H,3,10H2,1-2H3. The van der Waals surface area contributed by atoms with E-state index < -0.39 is 0 Å². The van der Waals surface area contributed by atoms with Gasteiger partial charge < -0.3 is 9.64 Å². The Morgan fingerprint density at radius 1 is 1.38 bits per heavy atom. The van der Waals surface area contributed by atoms with Crippen LogP contribution in [0.5, 0.6) is 5.75 Å². The van der Waals surface area contributed by atoms with Crippen molar-refractivity contribution < 1.29 is 9.53 Å². The summed E-state index contributed by atoms with van der Waals surface area (Å²) in [6, 6.07) is 9.27. The van der Waals surface area contributed by atoms with Crippen molar-refractivity contribution in [2.24, 2.45) is 0 Å². The van der Waals surface area contributed by atoms with Crippen LogP contribution in [0.15, 0.2) is 42.0 Å². The minimum atomic E-state index is -0.0390. The maximum atomic E-state index is 12.9. The number of hydrogen-bond acceptors (Lipinski definition) is 6. The predicted octanol–water partition coefficient (Wildman–Crippen LogP) is 2.39. The highest BCUT2D eigenvalue weighted by atomic mass is 32.1. The summed E-state index contributed by atoms with van der Waals surface area (Å²) < 4.78 is 6.81. The summed E-state index contributed by atoms with van der Waals surface area (Å²) in [5.41, 5.74) is 1.19. The minimum absolute atomic E-state index is 0.0390. The zero-order chi connectivity index (χ0) is 16.9. The molecule has 24 heavy (non-hydrogen) atoms. The van der Waals surface area contributed by atoms with Crippen molar-refractivity contribution in [3.8, 4) is 11.4 Å².